The van der Waals surface area contributed by atoms with Crippen molar-refractivity contribution >= 4 is 6.22 Å². The monoisotopic (exact) mass is 244 g/mol. The lowest BCUT2D eigenvalue weighted by Crippen LogP contribution is -2.22. The first kappa shape index (κ1) is 12.3. The zero-order chi connectivity index (χ0) is 12.5. The van der Waals surface area contributed by atoms with Gasteiger partial charge in [-0.1, -0.05) is 0 Å². The van der Waals surface area contributed by atoms with Crippen LogP contribution in [0.15, 0.2) is 12.1 Å². The number of carbonyl (C=O) groups is 1. The minimum absolute atomic E-state index is 0.136. The fourth-order valence-corrected chi connectivity index (χ4v) is 0.906. The molecule has 16 heavy (non-hydrogen) atoms. The highest BCUT2D eigenvalue weighted by Crippen LogP contribution is 2.33. The molecule has 0 aliphatic heterocycles. The third-order valence-corrected chi connectivity index (χ3v) is 1.56. The summed E-state index contributed by atoms with van der Waals surface area (Å²) < 4.78 is 77.6. The summed E-state index contributed by atoms with van der Waals surface area (Å²) in [6.07, 6.45) is -7.60. The third kappa shape index (κ3) is 2.26. The van der Waals surface area contributed by atoms with Crippen molar-refractivity contribution in [3.63, 3.8) is 0 Å². The Morgan fingerprint density at radius 2 is 1.69 bits per heavy atom. The van der Waals surface area contributed by atoms with Crippen LogP contribution < -0.4 is 0 Å². The average Bonchev–Trinajstić information content (AvgIpc) is 2.11. The average molecular weight is 244 g/mol. The molecule has 88 valence electrons. The summed E-state index contributed by atoms with van der Waals surface area (Å²) in [4.78, 5) is 9.64. The molecule has 0 amide bonds. The Balaban J connectivity index is 3.23. The molecular formula is C8H2F6O2. The molecule has 1 rings (SSSR count). The zero-order valence-electron chi connectivity index (χ0n) is 7.24. The van der Waals surface area contributed by atoms with Gasteiger partial charge >= 0.3 is 12.3 Å². The molecule has 0 unspecified atom stereocenters. The number of hydrogen-bond donors (Lipinski definition) is 0. The van der Waals surface area contributed by atoms with Crippen LogP contribution in [0, 0.1) is 17.5 Å². The summed E-state index contributed by atoms with van der Waals surface area (Å²) in [5.41, 5.74) is -1.78. The maximum Gasteiger partial charge on any atom is 0.500 e. The summed E-state index contributed by atoms with van der Waals surface area (Å²) in [7, 11) is 0. The van der Waals surface area contributed by atoms with Crippen LogP contribution in [0.4, 0.5) is 31.1 Å². The van der Waals surface area contributed by atoms with Crippen molar-refractivity contribution in [1.82, 2.24) is 0 Å². The molecule has 0 saturated carbocycles. The molecule has 1 aromatic rings. The molecule has 0 aliphatic carbocycles. The van der Waals surface area contributed by atoms with Crippen LogP contribution in [0.2, 0.25) is 0 Å². The van der Waals surface area contributed by atoms with Crippen LogP contribution in [-0.4, -0.2) is 6.22 Å². The van der Waals surface area contributed by atoms with Crippen molar-refractivity contribution in [3.8, 4) is 0 Å². The molecule has 0 aliphatic rings. The molecule has 8 heteroatoms. The minimum Gasteiger partial charge on any atom is -0.370 e. The molecule has 0 atom stereocenters. The van der Waals surface area contributed by atoms with Gasteiger partial charge in [0.05, 0.1) is 0 Å². The van der Waals surface area contributed by atoms with E-state index in [9.17, 15) is 31.1 Å². The van der Waals surface area contributed by atoms with E-state index in [0.717, 1.165) is 0 Å². The van der Waals surface area contributed by atoms with E-state index in [0.29, 0.717) is 0 Å². The summed E-state index contributed by atoms with van der Waals surface area (Å²) in [6, 6.07) is 0.324. The van der Waals surface area contributed by atoms with Gasteiger partial charge in [-0.3, -0.25) is 0 Å². The minimum atomic E-state index is -4.72. The van der Waals surface area contributed by atoms with Gasteiger partial charge in [-0.25, -0.2) is 18.0 Å². The number of rotatable bonds is 2. The van der Waals surface area contributed by atoms with Crippen LogP contribution in [0.25, 0.3) is 0 Å². The standard InChI is InChI=1S/C8H2F6O2/c9-4-2-1-3(5(10)6(4)11)8(13,14)16-7(12)15/h1-2H. The third-order valence-electron chi connectivity index (χ3n) is 1.56. The fraction of sp³-hybridized carbons (Fsp3) is 0.125. The molecule has 0 aromatic heterocycles. The summed E-state index contributed by atoms with van der Waals surface area (Å²) in [6.45, 7) is 0. The predicted octanol–water partition coefficient (Wildman–Crippen LogP) is 3.26. The number of hydrogen-bond acceptors (Lipinski definition) is 2. The number of benzene rings is 1. The molecule has 0 radical (unpaired) electrons. The van der Waals surface area contributed by atoms with Crippen molar-refractivity contribution in [1.29, 1.82) is 0 Å². The van der Waals surface area contributed by atoms with E-state index < -0.39 is 35.3 Å². The molecule has 0 saturated heterocycles. The Bertz CT molecular complexity index is 431. The molecule has 0 N–H and O–H groups in total. The number of carbonyl (C=O) groups excluding carboxylic acids is 1. The second kappa shape index (κ2) is 4.03. The number of alkyl halides is 2. The highest BCUT2D eigenvalue weighted by molar-refractivity contribution is 5.58. The lowest BCUT2D eigenvalue weighted by molar-refractivity contribution is -0.214. The summed E-state index contributed by atoms with van der Waals surface area (Å²) in [5, 5.41) is 0. The van der Waals surface area contributed by atoms with E-state index in [1.54, 1.807) is 0 Å². The van der Waals surface area contributed by atoms with Gasteiger partial charge in [-0.2, -0.15) is 8.78 Å². The van der Waals surface area contributed by atoms with E-state index in [2.05, 4.69) is 4.74 Å². The first-order valence-electron chi connectivity index (χ1n) is 3.66. The van der Waals surface area contributed by atoms with Crippen molar-refractivity contribution in [2.24, 2.45) is 0 Å². The maximum absolute atomic E-state index is 12.8. The number of ether oxygens (including phenoxy) is 1. The van der Waals surface area contributed by atoms with Crippen molar-refractivity contribution in [3.05, 3.63) is 35.1 Å². The largest absolute Gasteiger partial charge is 0.500 e. The van der Waals surface area contributed by atoms with E-state index in [-0.39, 0.29) is 12.1 Å². The normalized spacial score (nSPS) is 11.4. The predicted molar refractivity (Wildman–Crippen MR) is 37.8 cm³/mol. The van der Waals surface area contributed by atoms with E-state index >= 15 is 0 Å². The first-order valence-corrected chi connectivity index (χ1v) is 3.66. The highest BCUT2D eigenvalue weighted by atomic mass is 19.3. The number of halogens is 6. The van der Waals surface area contributed by atoms with Crippen LogP contribution in [0.3, 0.4) is 0 Å². The smallest absolute Gasteiger partial charge is 0.370 e. The molecule has 0 bridgehead atoms. The molecular weight excluding hydrogens is 242 g/mol. The summed E-state index contributed by atoms with van der Waals surface area (Å²) >= 11 is 0. The van der Waals surface area contributed by atoms with Crippen LogP contribution in [-0.2, 0) is 10.8 Å². The second-order valence-corrected chi connectivity index (χ2v) is 2.58. The molecule has 2 nitrogen and oxygen atoms in total. The van der Waals surface area contributed by atoms with Crippen molar-refractivity contribution < 1.29 is 35.9 Å². The van der Waals surface area contributed by atoms with Crippen LogP contribution in [0.1, 0.15) is 5.56 Å². The van der Waals surface area contributed by atoms with E-state index in [1.807, 2.05) is 0 Å². The van der Waals surface area contributed by atoms with Crippen LogP contribution >= 0.6 is 0 Å². The van der Waals surface area contributed by atoms with Gasteiger partial charge in [0.1, 0.15) is 5.56 Å². The van der Waals surface area contributed by atoms with E-state index in [4.69, 9.17) is 0 Å². The highest BCUT2D eigenvalue weighted by Gasteiger charge is 2.41. The van der Waals surface area contributed by atoms with Gasteiger partial charge < -0.3 is 4.74 Å². The van der Waals surface area contributed by atoms with Crippen molar-refractivity contribution in [2.75, 3.05) is 0 Å². The Kier molecular flexibility index (Phi) is 3.11. The SMILES string of the molecule is O=C(F)OC(F)(F)c1ccc(F)c(F)c1F. The zero-order valence-corrected chi connectivity index (χ0v) is 7.24. The van der Waals surface area contributed by atoms with Gasteiger partial charge in [0, 0.05) is 0 Å². The van der Waals surface area contributed by atoms with Crippen LogP contribution in [0.5, 0.6) is 0 Å². The van der Waals surface area contributed by atoms with Gasteiger partial charge in [0.2, 0.25) is 0 Å². The van der Waals surface area contributed by atoms with E-state index in [1.165, 1.54) is 0 Å². The van der Waals surface area contributed by atoms with Gasteiger partial charge in [0.25, 0.3) is 0 Å². The topological polar surface area (TPSA) is 26.3 Å². The van der Waals surface area contributed by atoms with Gasteiger partial charge in [-0.05, 0) is 12.1 Å². The molecule has 0 spiro atoms. The second-order valence-electron chi connectivity index (χ2n) is 2.58. The quantitative estimate of drug-likeness (QED) is 0.453. The summed E-state index contributed by atoms with van der Waals surface area (Å²) in [5.74, 6) is -6.14. The van der Waals surface area contributed by atoms with Gasteiger partial charge in [-0.15, -0.1) is 4.39 Å². The van der Waals surface area contributed by atoms with Gasteiger partial charge in [0.15, 0.2) is 17.5 Å². The first-order chi connectivity index (χ1) is 7.25. The Labute approximate surface area is 84.4 Å². The molecule has 1 aromatic carbocycles. The Hall–Kier alpha value is -1.73. The lowest BCUT2D eigenvalue weighted by Gasteiger charge is -2.15. The lowest BCUT2D eigenvalue weighted by atomic mass is 10.2. The van der Waals surface area contributed by atoms with Crippen molar-refractivity contribution in [2.45, 2.75) is 6.11 Å². The molecule has 0 heterocycles. The fourth-order valence-electron chi connectivity index (χ4n) is 0.906. The Morgan fingerprint density at radius 1 is 1.12 bits per heavy atom. The molecule has 0 fully saturated rings. The maximum atomic E-state index is 12.8. The Morgan fingerprint density at radius 3 is 2.19 bits per heavy atom.